The van der Waals surface area contributed by atoms with Gasteiger partial charge in [0.1, 0.15) is 0 Å². The highest BCUT2D eigenvalue weighted by Gasteiger charge is 2.60. The van der Waals surface area contributed by atoms with Crippen molar-refractivity contribution < 1.29 is 0 Å². The molecular formula is C25H45N. The van der Waals surface area contributed by atoms with E-state index >= 15 is 0 Å². The Bertz CT molecular complexity index is 487. The van der Waals surface area contributed by atoms with Crippen LogP contribution in [0.2, 0.25) is 0 Å². The van der Waals surface area contributed by atoms with Crippen LogP contribution in [0.15, 0.2) is 0 Å². The maximum atomic E-state index is 2.94. The van der Waals surface area contributed by atoms with Gasteiger partial charge in [0.25, 0.3) is 0 Å². The maximum absolute atomic E-state index is 2.94. The van der Waals surface area contributed by atoms with Crippen LogP contribution in [0, 0.1) is 35.0 Å². The van der Waals surface area contributed by atoms with Gasteiger partial charge < -0.3 is 0 Å². The van der Waals surface area contributed by atoms with Gasteiger partial charge in [-0.25, -0.2) is 0 Å². The van der Waals surface area contributed by atoms with E-state index in [4.69, 9.17) is 0 Å². The fraction of sp³-hybridized carbons (Fsp3) is 1.00. The summed E-state index contributed by atoms with van der Waals surface area (Å²) in [4.78, 5) is 2.94. The highest BCUT2D eigenvalue weighted by molar-refractivity contribution is 5.12. The molecule has 1 aliphatic heterocycles. The summed E-state index contributed by atoms with van der Waals surface area (Å²) in [5.74, 6) is 5.15. The standard InChI is InChI=1S/C25H45N/c1-5-7-10-16-26-17-13-23-20-18-19(6-2)21-11-8-9-14-24(21,3)22(20)12-15-25(23,26)4/h19-23H,5-18H2,1-4H3/t19-,20+,21-,22-,23?,24-,25?/m0/s1. The van der Waals surface area contributed by atoms with E-state index in [2.05, 4.69) is 32.6 Å². The average molecular weight is 360 g/mol. The second kappa shape index (κ2) is 7.41. The third-order valence-electron chi connectivity index (χ3n) is 10.1. The minimum Gasteiger partial charge on any atom is -0.298 e. The van der Waals surface area contributed by atoms with E-state index < -0.39 is 0 Å². The smallest absolute Gasteiger partial charge is 0.0212 e. The Kier molecular flexibility index (Phi) is 5.50. The Morgan fingerprint density at radius 1 is 0.885 bits per heavy atom. The first-order chi connectivity index (χ1) is 12.5. The van der Waals surface area contributed by atoms with Crippen molar-refractivity contribution in [2.75, 3.05) is 13.1 Å². The van der Waals surface area contributed by atoms with Crippen LogP contribution in [0.3, 0.4) is 0 Å². The van der Waals surface area contributed by atoms with Gasteiger partial charge in [-0.05, 0) is 100.0 Å². The molecule has 0 aromatic heterocycles. The second-order valence-electron chi connectivity index (χ2n) is 11.0. The maximum Gasteiger partial charge on any atom is 0.0212 e. The van der Waals surface area contributed by atoms with Crippen molar-refractivity contribution in [3.05, 3.63) is 0 Å². The van der Waals surface area contributed by atoms with E-state index in [-0.39, 0.29) is 0 Å². The van der Waals surface area contributed by atoms with Gasteiger partial charge >= 0.3 is 0 Å². The molecule has 0 aromatic rings. The molecule has 0 N–H and O–H groups in total. The molecule has 26 heavy (non-hydrogen) atoms. The molecule has 1 heteroatoms. The average Bonchev–Trinajstić information content (AvgIpc) is 2.97. The van der Waals surface area contributed by atoms with Crippen molar-refractivity contribution in [2.45, 2.75) is 110 Å². The Morgan fingerprint density at radius 3 is 2.50 bits per heavy atom. The molecule has 1 heterocycles. The van der Waals surface area contributed by atoms with E-state index in [0.29, 0.717) is 11.0 Å². The summed E-state index contributed by atoms with van der Waals surface area (Å²) < 4.78 is 0. The quantitative estimate of drug-likeness (QED) is 0.482. The van der Waals surface area contributed by atoms with Crippen LogP contribution in [-0.2, 0) is 0 Å². The lowest BCUT2D eigenvalue weighted by molar-refractivity contribution is -0.129. The first kappa shape index (κ1) is 19.3. The van der Waals surface area contributed by atoms with Gasteiger partial charge in [0.2, 0.25) is 0 Å². The zero-order chi connectivity index (χ0) is 18.4. The second-order valence-corrected chi connectivity index (χ2v) is 11.0. The molecule has 0 radical (unpaired) electrons. The summed E-state index contributed by atoms with van der Waals surface area (Å²) in [5, 5.41) is 0. The van der Waals surface area contributed by atoms with Crippen molar-refractivity contribution in [2.24, 2.45) is 35.0 Å². The zero-order valence-electron chi connectivity index (χ0n) is 18.2. The summed E-state index contributed by atoms with van der Waals surface area (Å²) in [7, 11) is 0. The van der Waals surface area contributed by atoms with Gasteiger partial charge in [-0.15, -0.1) is 0 Å². The zero-order valence-corrected chi connectivity index (χ0v) is 18.2. The fourth-order valence-corrected chi connectivity index (χ4v) is 8.71. The van der Waals surface area contributed by atoms with Crippen molar-refractivity contribution in [1.29, 1.82) is 0 Å². The predicted octanol–water partition coefficient (Wildman–Crippen LogP) is 6.91. The van der Waals surface area contributed by atoms with E-state index in [1.54, 1.807) is 19.3 Å². The highest BCUT2D eigenvalue weighted by atomic mass is 15.2. The topological polar surface area (TPSA) is 3.24 Å². The Balaban J connectivity index is 1.56. The summed E-state index contributed by atoms with van der Waals surface area (Å²) in [6.45, 7) is 13.0. The largest absolute Gasteiger partial charge is 0.298 e. The minimum atomic E-state index is 0.533. The summed E-state index contributed by atoms with van der Waals surface area (Å²) in [6.07, 6.45) is 17.8. The number of nitrogens with zero attached hydrogens (tertiary/aromatic N) is 1. The molecule has 4 fully saturated rings. The molecule has 1 nitrogen and oxygen atoms in total. The molecule has 4 rings (SSSR count). The number of unbranched alkanes of at least 4 members (excludes halogenated alkanes) is 2. The summed E-state index contributed by atoms with van der Waals surface area (Å²) >= 11 is 0. The Morgan fingerprint density at radius 2 is 1.73 bits per heavy atom. The molecule has 0 spiro atoms. The first-order valence-electron chi connectivity index (χ1n) is 12.3. The Hall–Kier alpha value is -0.0400. The molecule has 2 unspecified atom stereocenters. The van der Waals surface area contributed by atoms with Gasteiger partial charge in [-0.3, -0.25) is 4.90 Å². The van der Waals surface area contributed by atoms with Crippen LogP contribution in [0.5, 0.6) is 0 Å². The van der Waals surface area contributed by atoms with Crippen molar-refractivity contribution in [3.8, 4) is 0 Å². The molecule has 3 aliphatic carbocycles. The number of hydrogen-bond donors (Lipinski definition) is 0. The molecule has 0 bridgehead atoms. The molecule has 3 saturated carbocycles. The molecule has 0 aromatic carbocycles. The molecule has 7 atom stereocenters. The van der Waals surface area contributed by atoms with Gasteiger partial charge in [0.05, 0.1) is 0 Å². The number of likely N-dealkylation sites (tertiary alicyclic amines) is 1. The van der Waals surface area contributed by atoms with Crippen molar-refractivity contribution >= 4 is 0 Å². The lowest BCUT2D eigenvalue weighted by Gasteiger charge is -2.62. The van der Waals surface area contributed by atoms with Gasteiger partial charge in [-0.2, -0.15) is 0 Å². The van der Waals surface area contributed by atoms with Gasteiger partial charge in [0.15, 0.2) is 0 Å². The molecule has 4 aliphatic rings. The highest BCUT2D eigenvalue weighted by Crippen LogP contribution is 2.65. The number of rotatable bonds is 5. The van der Waals surface area contributed by atoms with Crippen LogP contribution >= 0.6 is 0 Å². The molecule has 0 amide bonds. The van der Waals surface area contributed by atoms with Gasteiger partial charge in [-0.1, -0.05) is 52.9 Å². The third kappa shape index (κ3) is 2.90. The van der Waals surface area contributed by atoms with Crippen LogP contribution in [0.1, 0.15) is 105 Å². The summed E-state index contributed by atoms with van der Waals surface area (Å²) in [5.41, 5.74) is 1.21. The summed E-state index contributed by atoms with van der Waals surface area (Å²) in [6, 6.07) is 0. The van der Waals surface area contributed by atoms with Gasteiger partial charge in [0, 0.05) is 5.54 Å². The monoisotopic (exact) mass is 359 g/mol. The first-order valence-corrected chi connectivity index (χ1v) is 12.3. The molecular weight excluding hydrogens is 314 g/mol. The third-order valence-corrected chi connectivity index (χ3v) is 10.1. The Labute approximate surface area is 163 Å². The van der Waals surface area contributed by atoms with E-state index in [0.717, 1.165) is 29.6 Å². The molecule has 1 saturated heterocycles. The van der Waals surface area contributed by atoms with Crippen LogP contribution in [-0.4, -0.2) is 23.5 Å². The fourth-order valence-electron chi connectivity index (χ4n) is 8.71. The van der Waals surface area contributed by atoms with Crippen LogP contribution in [0.25, 0.3) is 0 Å². The molecule has 150 valence electrons. The van der Waals surface area contributed by atoms with E-state index in [9.17, 15) is 0 Å². The lowest BCUT2D eigenvalue weighted by Crippen LogP contribution is -2.59. The van der Waals surface area contributed by atoms with Crippen LogP contribution < -0.4 is 0 Å². The number of hydrogen-bond acceptors (Lipinski definition) is 1. The van der Waals surface area contributed by atoms with E-state index in [1.165, 1.54) is 70.9 Å². The number of fused-ring (bicyclic) bond motifs is 5. The lowest BCUT2D eigenvalue weighted by atomic mass is 9.43. The van der Waals surface area contributed by atoms with Crippen molar-refractivity contribution in [3.63, 3.8) is 0 Å². The van der Waals surface area contributed by atoms with Crippen molar-refractivity contribution in [1.82, 2.24) is 4.90 Å². The SMILES string of the molecule is CCCCCN1CCC2[C@@H]3C[C@H](CC)[C@@H]4CCCC[C@]4(C)[C@H]3CCC21C. The minimum absolute atomic E-state index is 0.533. The van der Waals surface area contributed by atoms with E-state index in [1.807, 2.05) is 0 Å². The predicted molar refractivity (Wildman–Crippen MR) is 112 cm³/mol. The van der Waals surface area contributed by atoms with Crippen LogP contribution in [0.4, 0.5) is 0 Å². The normalized spacial score (nSPS) is 48.7.